The second-order valence-electron chi connectivity index (χ2n) is 5.43. The van der Waals surface area contributed by atoms with E-state index in [1.54, 1.807) is 38.1 Å². The molecule has 1 aromatic carbocycles. The quantitative estimate of drug-likeness (QED) is 0.790. The number of carbonyl (C=O) groups is 2. The first-order chi connectivity index (χ1) is 9.85. The number of nitrogens with two attached hydrogens (primary N) is 1. The summed E-state index contributed by atoms with van der Waals surface area (Å²) in [5.74, 6) is -0.480. The van der Waals surface area contributed by atoms with Gasteiger partial charge >= 0.3 is 5.97 Å². The summed E-state index contributed by atoms with van der Waals surface area (Å²) in [5, 5.41) is 2.75. The molecule has 3 N–H and O–H groups in total. The molecule has 2 unspecified atom stereocenters. The molecule has 0 heterocycles. The molecule has 0 bridgehead atoms. The molecule has 0 spiro atoms. The fourth-order valence-corrected chi connectivity index (χ4v) is 1.71. The molecular weight excluding hydrogens is 268 g/mol. The molecule has 2 atom stereocenters. The summed E-state index contributed by atoms with van der Waals surface area (Å²) in [6, 6.07) is 6.03. The van der Waals surface area contributed by atoms with Crippen molar-refractivity contribution in [2.45, 2.75) is 46.3 Å². The predicted octanol–water partition coefficient (Wildman–Crippen LogP) is 2.56. The van der Waals surface area contributed by atoms with Crippen molar-refractivity contribution in [1.82, 2.24) is 0 Å². The van der Waals surface area contributed by atoms with Crippen molar-refractivity contribution in [1.29, 1.82) is 0 Å². The van der Waals surface area contributed by atoms with E-state index in [1.807, 2.05) is 13.8 Å². The molecule has 1 aromatic rings. The van der Waals surface area contributed by atoms with Gasteiger partial charge in [0, 0.05) is 5.69 Å². The van der Waals surface area contributed by atoms with Crippen molar-refractivity contribution in [3.05, 3.63) is 29.8 Å². The fourth-order valence-electron chi connectivity index (χ4n) is 1.71. The molecule has 0 aliphatic rings. The Morgan fingerprint density at radius 3 is 2.24 bits per heavy atom. The van der Waals surface area contributed by atoms with Crippen molar-refractivity contribution in [2.24, 2.45) is 11.7 Å². The number of rotatable bonds is 6. The van der Waals surface area contributed by atoms with E-state index in [4.69, 9.17) is 10.5 Å². The third-order valence-corrected chi connectivity index (χ3v) is 3.29. The normalized spacial score (nSPS) is 13.6. The second-order valence-corrected chi connectivity index (χ2v) is 5.43. The molecule has 0 saturated carbocycles. The Labute approximate surface area is 125 Å². The molecule has 116 valence electrons. The number of hydrogen-bond donors (Lipinski definition) is 2. The van der Waals surface area contributed by atoms with Crippen LogP contribution in [0.25, 0.3) is 0 Å². The van der Waals surface area contributed by atoms with E-state index in [9.17, 15) is 9.59 Å². The zero-order chi connectivity index (χ0) is 16.0. The van der Waals surface area contributed by atoms with E-state index in [2.05, 4.69) is 5.32 Å². The summed E-state index contributed by atoms with van der Waals surface area (Å²) in [4.78, 5) is 23.6. The van der Waals surface area contributed by atoms with Crippen LogP contribution in [0.5, 0.6) is 0 Å². The number of benzene rings is 1. The maximum atomic E-state index is 11.9. The van der Waals surface area contributed by atoms with Gasteiger partial charge in [0.15, 0.2) is 0 Å². The molecular formula is C16H24N2O3. The van der Waals surface area contributed by atoms with E-state index in [1.165, 1.54) is 0 Å². The summed E-state index contributed by atoms with van der Waals surface area (Å²) in [5.41, 5.74) is 6.93. The minimum absolute atomic E-state index is 0.116. The Balaban J connectivity index is 2.66. The van der Waals surface area contributed by atoms with Crippen LogP contribution in [0, 0.1) is 5.92 Å². The van der Waals surface area contributed by atoms with E-state index in [0.29, 0.717) is 11.3 Å². The van der Waals surface area contributed by atoms with E-state index in [-0.39, 0.29) is 23.9 Å². The van der Waals surface area contributed by atoms with Gasteiger partial charge in [-0.1, -0.05) is 20.3 Å². The van der Waals surface area contributed by atoms with Gasteiger partial charge in [-0.25, -0.2) is 4.79 Å². The SMILES string of the molecule is CCC(C)C(N)C(=O)Nc1ccc(C(=O)OC(C)C)cc1. The van der Waals surface area contributed by atoms with Gasteiger partial charge in [0.05, 0.1) is 17.7 Å². The molecule has 0 aliphatic heterocycles. The predicted molar refractivity (Wildman–Crippen MR) is 83.1 cm³/mol. The molecule has 0 fully saturated rings. The highest BCUT2D eigenvalue weighted by Crippen LogP contribution is 2.13. The van der Waals surface area contributed by atoms with Gasteiger partial charge < -0.3 is 15.8 Å². The average Bonchev–Trinajstić information content (AvgIpc) is 2.45. The number of nitrogens with one attached hydrogen (secondary N) is 1. The molecule has 0 aromatic heterocycles. The Kier molecular flexibility index (Phi) is 6.37. The van der Waals surface area contributed by atoms with Crippen LogP contribution >= 0.6 is 0 Å². The first kappa shape index (κ1) is 17.2. The number of hydrogen-bond acceptors (Lipinski definition) is 4. The van der Waals surface area contributed by atoms with Crippen LogP contribution < -0.4 is 11.1 Å². The van der Waals surface area contributed by atoms with Gasteiger partial charge in [0.1, 0.15) is 0 Å². The lowest BCUT2D eigenvalue weighted by Gasteiger charge is -2.17. The number of ether oxygens (including phenoxy) is 1. The van der Waals surface area contributed by atoms with Crippen LogP contribution in [0.2, 0.25) is 0 Å². The Morgan fingerprint density at radius 1 is 1.19 bits per heavy atom. The monoisotopic (exact) mass is 292 g/mol. The molecule has 0 saturated heterocycles. The van der Waals surface area contributed by atoms with Gasteiger partial charge in [-0.15, -0.1) is 0 Å². The van der Waals surface area contributed by atoms with Gasteiger partial charge in [-0.3, -0.25) is 4.79 Å². The topological polar surface area (TPSA) is 81.4 Å². The highest BCUT2D eigenvalue weighted by molar-refractivity contribution is 5.95. The highest BCUT2D eigenvalue weighted by atomic mass is 16.5. The average molecular weight is 292 g/mol. The number of esters is 1. The molecule has 0 radical (unpaired) electrons. The number of anilines is 1. The van der Waals surface area contributed by atoms with Gasteiger partial charge in [-0.05, 0) is 44.0 Å². The zero-order valence-electron chi connectivity index (χ0n) is 13.1. The molecule has 5 nitrogen and oxygen atoms in total. The molecule has 0 aliphatic carbocycles. The Bertz CT molecular complexity index is 483. The lowest BCUT2D eigenvalue weighted by Crippen LogP contribution is -2.40. The van der Waals surface area contributed by atoms with Gasteiger partial charge in [-0.2, -0.15) is 0 Å². The maximum absolute atomic E-state index is 11.9. The van der Waals surface area contributed by atoms with Crippen LogP contribution in [0.1, 0.15) is 44.5 Å². The second kappa shape index (κ2) is 7.78. The van der Waals surface area contributed by atoms with Crippen LogP contribution in [0.15, 0.2) is 24.3 Å². The van der Waals surface area contributed by atoms with E-state index in [0.717, 1.165) is 6.42 Å². The number of amides is 1. The minimum Gasteiger partial charge on any atom is -0.459 e. The smallest absolute Gasteiger partial charge is 0.338 e. The first-order valence-corrected chi connectivity index (χ1v) is 7.22. The first-order valence-electron chi connectivity index (χ1n) is 7.22. The summed E-state index contributed by atoms with van der Waals surface area (Å²) >= 11 is 0. The van der Waals surface area contributed by atoms with Gasteiger partial charge in [0.2, 0.25) is 5.91 Å². The van der Waals surface area contributed by atoms with Gasteiger partial charge in [0.25, 0.3) is 0 Å². The lowest BCUT2D eigenvalue weighted by atomic mass is 9.99. The zero-order valence-corrected chi connectivity index (χ0v) is 13.1. The molecule has 1 rings (SSSR count). The summed E-state index contributed by atoms with van der Waals surface area (Å²) in [7, 11) is 0. The van der Waals surface area contributed by atoms with E-state index >= 15 is 0 Å². The summed E-state index contributed by atoms with van der Waals surface area (Å²) in [6.07, 6.45) is 0.680. The highest BCUT2D eigenvalue weighted by Gasteiger charge is 2.19. The number of carbonyl (C=O) groups excluding carboxylic acids is 2. The Hall–Kier alpha value is -1.88. The van der Waals surface area contributed by atoms with Crippen molar-refractivity contribution < 1.29 is 14.3 Å². The van der Waals surface area contributed by atoms with E-state index < -0.39 is 6.04 Å². The summed E-state index contributed by atoms with van der Waals surface area (Å²) < 4.78 is 5.10. The fraction of sp³-hybridized carbons (Fsp3) is 0.500. The maximum Gasteiger partial charge on any atom is 0.338 e. The van der Waals surface area contributed by atoms with Crippen LogP contribution in [-0.2, 0) is 9.53 Å². The lowest BCUT2D eigenvalue weighted by molar-refractivity contribution is -0.118. The van der Waals surface area contributed by atoms with Crippen LogP contribution in [0.3, 0.4) is 0 Å². The standard InChI is InChI=1S/C16H24N2O3/c1-5-11(4)14(17)15(19)18-13-8-6-12(7-9-13)16(20)21-10(2)3/h6-11,14H,5,17H2,1-4H3,(H,18,19). The van der Waals surface area contributed by atoms with Crippen molar-refractivity contribution >= 4 is 17.6 Å². The van der Waals surface area contributed by atoms with Crippen molar-refractivity contribution in [2.75, 3.05) is 5.32 Å². The molecule has 21 heavy (non-hydrogen) atoms. The largest absolute Gasteiger partial charge is 0.459 e. The molecule has 5 heteroatoms. The summed E-state index contributed by atoms with van der Waals surface area (Å²) in [6.45, 7) is 7.52. The van der Waals surface area contributed by atoms with Crippen LogP contribution in [-0.4, -0.2) is 24.0 Å². The van der Waals surface area contributed by atoms with Crippen LogP contribution in [0.4, 0.5) is 5.69 Å². The molecule has 1 amide bonds. The third kappa shape index (κ3) is 5.19. The third-order valence-electron chi connectivity index (χ3n) is 3.29. The van der Waals surface area contributed by atoms with Crippen molar-refractivity contribution in [3.8, 4) is 0 Å². The van der Waals surface area contributed by atoms with Crippen molar-refractivity contribution in [3.63, 3.8) is 0 Å². The minimum atomic E-state index is -0.541. The Morgan fingerprint density at radius 2 is 1.76 bits per heavy atom.